The van der Waals surface area contributed by atoms with Crippen LogP contribution in [0.25, 0.3) is 0 Å². The smallest absolute Gasteiger partial charge is 1.00 e. The molecule has 0 aliphatic heterocycles. The zero-order chi connectivity index (χ0) is 7.28. The molecule has 0 atom stereocenters. The third-order valence-electron chi connectivity index (χ3n) is 1.56. The maximum Gasteiger partial charge on any atom is 1.00 e. The van der Waals surface area contributed by atoms with Crippen LogP contribution in [-0.2, 0) is 0 Å². The van der Waals surface area contributed by atoms with Crippen molar-refractivity contribution in [1.82, 2.24) is 0 Å². The van der Waals surface area contributed by atoms with Gasteiger partial charge < -0.3 is 1.43 Å². The van der Waals surface area contributed by atoms with Crippen molar-refractivity contribution in [3.05, 3.63) is 0 Å². The first-order chi connectivity index (χ1) is 4.13. The standard InChI is InChI=1S/2C4H9.Al.Na.H2.2H/c2*1-4(2)3;;;;;/h2*4H,1H2,2-3H3;;;1H;;/q;;;+1;;;-1. The van der Waals surface area contributed by atoms with E-state index >= 15 is 0 Å². The van der Waals surface area contributed by atoms with Gasteiger partial charge in [-0.05, 0) is 0 Å². The molecule has 0 fully saturated rings. The van der Waals surface area contributed by atoms with Crippen molar-refractivity contribution in [3.63, 3.8) is 0 Å². The number of hydrogen-bond acceptors (Lipinski definition) is 0. The Kier molecular flexibility index (Phi) is 12.1. The fourth-order valence-corrected chi connectivity index (χ4v) is 2.80. The maximum absolute atomic E-state index is 2.33. The summed E-state index contributed by atoms with van der Waals surface area (Å²) in [7, 11) is 0. The van der Waals surface area contributed by atoms with E-state index in [4.69, 9.17) is 0 Å². The second-order valence-corrected chi connectivity index (χ2v) is 5.58. The molecule has 2 heteroatoms. The van der Waals surface area contributed by atoms with E-state index in [1.54, 1.807) is 0 Å². The van der Waals surface area contributed by atoms with Crippen molar-refractivity contribution >= 4 is 15.2 Å². The average molecular weight is 168 g/mol. The quantitative estimate of drug-likeness (QED) is 0.516. The molecule has 0 spiro atoms. The van der Waals surface area contributed by atoms with Crippen LogP contribution in [0.5, 0.6) is 0 Å². The van der Waals surface area contributed by atoms with E-state index in [1.807, 2.05) is 0 Å². The van der Waals surface area contributed by atoms with E-state index in [9.17, 15) is 0 Å². The predicted molar refractivity (Wildman–Crippen MR) is 49.7 cm³/mol. The zero-order valence-corrected chi connectivity index (χ0v) is 11.7. The first kappa shape index (κ1) is 14.1. The minimum atomic E-state index is 0. The van der Waals surface area contributed by atoms with Crippen molar-refractivity contribution < 1.29 is 32.4 Å². The molecule has 0 aliphatic carbocycles. The third-order valence-corrected chi connectivity index (χ3v) is 4.69. The van der Waals surface area contributed by atoms with Gasteiger partial charge in [-0.25, -0.2) is 0 Å². The van der Waals surface area contributed by atoms with Crippen LogP contribution in [0.4, 0.5) is 0 Å². The normalized spacial score (nSPS) is 9.80. The molecule has 0 heterocycles. The van der Waals surface area contributed by atoms with Gasteiger partial charge in [0.1, 0.15) is 0 Å². The van der Waals surface area contributed by atoms with Gasteiger partial charge in [-0.15, -0.1) is 0 Å². The van der Waals surface area contributed by atoms with E-state index < -0.39 is 0 Å². The summed E-state index contributed by atoms with van der Waals surface area (Å²) >= 11 is 0.316. The van der Waals surface area contributed by atoms with Gasteiger partial charge in [0, 0.05) is 1.43 Å². The third kappa shape index (κ3) is 12.2. The van der Waals surface area contributed by atoms with Crippen LogP contribution in [0.15, 0.2) is 0 Å². The molecule has 0 rings (SSSR count). The first-order valence-corrected chi connectivity index (χ1v) is 6.13. The van der Waals surface area contributed by atoms with Crippen LogP contribution in [0.2, 0.25) is 10.6 Å². The maximum atomic E-state index is 2.33. The Balaban J connectivity index is -0.000000107. The molecule has 0 saturated carbocycles. The molecule has 0 nitrogen and oxygen atoms in total. The van der Waals surface area contributed by atoms with Gasteiger partial charge in [-0.1, -0.05) is 50.1 Å². The van der Waals surface area contributed by atoms with Crippen molar-refractivity contribution in [2.45, 2.75) is 38.3 Å². The molecule has 0 saturated heterocycles. The molecule has 0 unspecified atom stereocenters. The summed E-state index contributed by atoms with van der Waals surface area (Å²) < 4.78 is 0. The fourth-order valence-electron chi connectivity index (χ4n) is 0.934. The Bertz CT molecular complexity index is 62.1. The Morgan fingerprint density at radius 3 is 1.60 bits per heavy atom. The van der Waals surface area contributed by atoms with Crippen molar-refractivity contribution in [2.75, 3.05) is 0 Å². The Labute approximate surface area is 97.1 Å². The predicted octanol–water partition coefficient (Wildman–Crippen LogP) is -0.0660. The average Bonchev–Trinajstić information content (AvgIpc) is 1.63. The minimum Gasteiger partial charge on any atom is -1.00 e. The first-order valence-electron chi connectivity index (χ1n) is 4.13. The van der Waals surface area contributed by atoms with Gasteiger partial charge in [0.15, 0.2) is 0 Å². The largest absolute Gasteiger partial charge is 1.00 e. The van der Waals surface area contributed by atoms with E-state index in [0.717, 1.165) is 11.8 Å². The van der Waals surface area contributed by atoms with Gasteiger partial charge in [0.2, 0.25) is 15.2 Å². The molecule has 0 aromatic rings. The summed E-state index contributed by atoms with van der Waals surface area (Å²) in [6.45, 7) is 9.31. The molecule has 0 amide bonds. The molecular formula is C8H22AlNa. The number of hydrogen-bond donors (Lipinski definition) is 0. The van der Waals surface area contributed by atoms with Gasteiger partial charge in [0.25, 0.3) is 0 Å². The molecular weight excluding hydrogens is 146 g/mol. The molecule has 0 N–H and O–H groups in total. The molecule has 0 aliphatic rings. The van der Waals surface area contributed by atoms with Crippen LogP contribution in [0.1, 0.15) is 30.5 Å². The van der Waals surface area contributed by atoms with Crippen LogP contribution in [0, 0.1) is 11.8 Å². The van der Waals surface area contributed by atoms with Gasteiger partial charge in [-0.2, -0.15) is 0 Å². The summed E-state index contributed by atoms with van der Waals surface area (Å²) in [4.78, 5) is 0. The second-order valence-electron chi connectivity index (χ2n) is 3.72. The summed E-state index contributed by atoms with van der Waals surface area (Å²) in [6, 6.07) is 0. The molecule has 0 bridgehead atoms. The molecule has 58 valence electrons. The molecule has 0 aromatic heterocycles. The fraction of sp³-hybridized carbons (Fsp3) is 1.00. The number of rotatable bonds is 4. The summed E-state index contributed by atoms with van der Waals surface area (Å²) in [5.41, 5.74) is 0. The van der Waals surface area contributed by atoms with Crippen LogP contribution < -0.4 is 29.6 Å². The van der Waals surface area contributed by atoms with Crippen molar-refractivity contribution in [2.24, 2.45) is 11.8 Å². The topological polar surface area (TPSA) is 0 Å². The Hall–Kier alpha value is 1.53. The SMILES string of the molecule is CC(C)[CH2][AlH][CH2]C(C)C.[H-].[HH].[Na+]. The van der Waals surface area contributed by atoms with Crippen LogP contribution in [-0.4, -0.2) is 15.2 Å². The monoisotopic (exact) mass is 168 g/mol. The van der Waals surface area contributed by atoms with Crippen molar-refractivity contribution in [1.29, 1.82) is 0 Å². The molecule has 10 heavy (non-hydrogen) atoms. The zero-order valence-electron chi connectivity index (χ0n) is 9.28. The minimum absolute atomic E-state index is 0. The Morgan fingerprint density at radius 1 is 1.10 bits per heavy atom. The summed E-state index contributed by atoms with van der Waals surface area (Å²) in [5, 5.41) is 3.08. The van der Waals surface area contributed by atoms with E-state index in [2.05, 4.69) is 27.7 Å². The summed E-state index contributed by atoms with van der Waals surface area (Å²) in [5.74, 6) is 1.91. The molecule has 0 radical (unpaired) electrons. The van der Waals surface area contributed by atoms with Gasteiger partial charge >= 0.3 is 29.6 Å². The Morgan fingerprint density at radius 2 is 1.40 bits per heavy atom. The van der Waals surface area contributed by atoms with Gasteiger partial charge in [0.05, 0.1) is 0 Å². The van der Waals surface area contributed by atoms with E-state index in [1.165, 1.54) is 10.6 Å². The second kappa shape index (κ2) is 8.63. The summed E-state index contributed by atoms with van der Waals surface area (Å²) in [6.07, 6.45) is 0. The van der Waals surface area contributed by atoms with E-state index in [-0.39, 0.29) is 32.4 Å². The van der Waals surface area contributed by atoms with Crippen LogP contribution >= 0.6 is 0 Å². The van der Waals surface area contributed by atoms with Gasteiger partial charge in [-0.3, -0.25) is 0 Å². The van der Waals surface area contributed by atoms with Crippen LogP contribution in [0.3, 0.4) is 0 Å². The molecule has 0 aromatic carbocycles. The van der Waals surface area contributed by atoms with Crippen molar-refractivity contribution in [3.8, 4) is 0 Å². The van der Waals surface area contributed by atoms with E-state index in [0.29, 0.717) is 15.2 Å².